The van der Waals surface area contributed by atoms with Gasteiger partial charge in [-0.15, -0.1) is 7.77 Å². The molecule has 0 heterocycles. The third kappa shape index (κ3) is 4.76. The van der Waals surface area contributed by atoms with Gasteiger partial charge in [0.15, 0.2) is 15.2 Å². The zero-order valence-corrected chi connectivity index (χ0v) is 11.6. The van der Waals surface area contributed by atoms with Gasteiger partial charge in [0.05, 0.1) is 15.9 Å². The van der Waals surface area contributed by atoms with Crippen molar-refractivity contribution >= 4 is 58.7 Å². The van der Waals surface area contributed by atoms with Gasteiger partial charge in [0.25, 0.3) is 0 Å². The van der Waals surface area contributed by atoms with Crippen molar-refractivity contribution in [2.24, 2.45) is 4.99 Å². The molecular formula is C8H5BrClF2NOS2. The van der Waals surface area contributed by atoms with Gasteiger partial charge in [-0.2, -0.15) is 4.99 Å². The summed E-state index contributed by atoms with van der Waals surface area (Å²) in [6.45, 7) is 0. The van der Waals surface area contributed by atoms with Crippen LogP contribution in [0.3, 0.4) is 0 Å². The number of hydrogen-bond donors (Lipinski definition) is 0. The van der Waals surface area contributed by atoms with Gasteiger partial charge in [-0.1, -0.05) is 11.6 Å². The first kappa shape index (κ1) is 13.9. The molecular weight excluding hydrogens is 344 g/mol. The second kappa shape index (κ2) is 5.93. The number of rotatable bonds is 4. The van der Waals surface area contributed by atoms with Gasteiger partial charge in [0.2, 0.25) is 0 Å². The van der Waals surface area contributed by atoms with Crippen LogP contribution < -0.4 is 4.74 Å². The molecule has 0 saturated carbocycles. The van der Waals surface area contributed by atoms with Gasteiger partial charge < -0.3 is 4.74 Å². The molecule has 0 aliphatic carbocycles. The monoisotopic (exact) mass is 347 g/mol. The highest BCUT2D eigenvalue weighted by Gasteiger charge is 2.19. The third-order valence-corrected chi connectivity index (χ3v) is 2.77. The molecule has 16 heavy (non-hydrogen) atoms. The van der Waals surface area contributed by atoms with Gasteiger partial charge in [0, 0.05) is 14.8 Å². The topological polar surface area (TPSA) is 21.6 Å². The summed E-state index contributed by atoms with van der Waals surface area (Å²) in [6, 6.07) is 4.45. The van der Waals surface area contributed by atoms with Crippen molar-refractivity contribution < 1.29 is 12.5 Å². The summed E-state index contributed by atoms with van der Waals surface area (Å²) >= 11 is 12.5. The summed E-state index contributed by atoms with van der Waals surface area (Å²) < 4.78 is 29.9. The van der Waals surface area contributed by atoms with Crippen molar-refractivity contribution in [2.45, 2.75) is 0 Å². The van der Waals surface area contributed by atoms with Crippen LogP contribution in [-0.2, 0) is 0 Å². The highest BCUT2D eigenvalue weighted by atomic mass is 79.9. The molecule has 1 aromatic carbocycles. The van der Waals surface area contributed by atoms with E-state index in [2.05, 4.69) is 37.2 Å². The Morgan fingerprint density at radius 3 is 2.75 bits per heavy atom. The van der Waals surface area contributed by atoms with Crippen LogP contribution in [0.1, 0.15) is 0 Å². The van der Waals surface area contributed by atoms with E-state index in [1.54, 1.807) is 6.07 Å². The molecule has 88 valence electrons. The molecule has 0 unspecified atom stereocenters. The quantitative estimate of drug-likeness (QED) is 0.544. The van der Waals surface area contributed by atoms with Gasteiger partial charge >= 0.3 is 0 Å². The number of isothiocyanates is 1. The minimum Gasteiger partial charge on any atom is -0.477 e. The molecule has 0 amide bonds. The fourth-order valence-corrected chi connectivity index (χ4v) is 1.74. The molecule has 0 aliphatic rings. The minimum absolute atomic E-state index is 0.177. The number of ether oxygens (including phenoxy) is 1. The fraction of sp³-hybridized carbons (Fsp3) is 0.125. The van der Waals surface area contributed by atoms with Crippen LogP contribution in [0, 0.1) is 0 Å². The first-order valence-corrected chi connectivity index (χ1v) is 8.05. The second-order valence-corrected chi connectivity index (χ2v) is 7.25. The van der Waals surface area contributed by atoms with E-state index in [4.69, 9.17) is 16.3 Å². The molecule has 0 atom stereocenters. The Kier molecular flexibility index (Phi) is 5.14. The molecule has 0 radical (unpaired) electrons. The highest BCUT2D eigenvalue weighted by molar-refractivity contribution is 9.56. The number of thiocarbonyl (C=S) groups is 1. The van der Waals surface area contributed by atoms with Crippen molar-refractivity contribution in [3.8, 4) is 5.75 Å². The summed E-state index contributed by atoms with van der Waals surface area (Å²) in [5.74, 6) is -0.542. The average Bonchev–Trinajstić information content (AvgIpc) is 2.15. The van der Waals surface area contributed by atoms with Crippen molar-refractivity contribution in [1.82, 2.24) is 0 Å². The van der Waals surface area contributed by atoms with E-state index < -0.39 is 15.2 Å². The maximum absolute atomic E-state index is 12.5. The number of hydrogen-bond acceptors (Lipinski definition) is 3. The van der Waals surface area contributed by atoms with E-state index in [1.807, 2.05) is 0 Å². The summed E-state index contributed by atoms with van der Waals surface area (Å²) in [4.78, 5) is 3.69. The van der Waals surface area contributed by atoms with Crippen molar-refractivity contribution in [3.63, 3.8) is 0 Å². The van der Waals surface area contributed by atoms with Gasteiger partial charge in [0.1, 0.15) is 5.75 Å². The van der Waals surface area contributed by atoms with Gasteiger partial charge in [-0.25, -0.2) is 0 Å². The number of benzene rings is 1. The van der Waals surface area contributed by atoms with E-state index in [9.17, 15) is 7.77 Å². The van der Waals surface area contributed by atoms with Crippen molar-refractivity contribution in [2.75, 3.05) is 5.94 Å². The first-order chi connectivity index (χ1) is 7.42. The van der Waals surface area contributed by atoms with E-state index in [1.165, 1.54) is 12.1 Å². The summed E-state index contributed by atoms with van der Waals surface area (Å²) in [6.07, 6.45) is 0. The Hall–Kier alpha value is -0.200. The first-order valence-electron chi connectivity index (χ1n) is 3.82. The fourth-order valence-electron chi connectivity index (χ4n) is 0.859. The lowest BCUT2D eigenvalue weighted by molar-refractivity contribution is 0.381. The summed E-state index contributed by atoms with van der Waals surface area (Å²) in [5, 5.41) is 2.37. The molecule has 2 nitrogen and oxygen atoms in total. The van der Waals surface area contributed by atoms with E-state index in [0.29, 0.717) is 5.69 Å². The molecule has 0 fully saturated rings. The van der Waals surface area contributed by atoms with Crippen LogP contribution in [0.4, 0.5) is 13.5 Å². The number of nitrogens with zero attached hydrogens (tertiary/aromatic N) is 1. The van der Waals surface area contributed by atoms with Crippen molar-refractivity contribution in [1.29, 1.82) is 0 Å². The van der Waals surface area contributed by atoms with Crippen LogP contribution >= 0.6 is 47.9 Å². The van der Waals surface area contributed by atoms with Crippen LogP contribution in [0.15, 0.2) is 23.2 Å². The molecule has 0 N–H and O–H groups in total. The Morgan fingerprint density at radius 2 is 2.25 bits per heavy atom. The van der Waals surface area contributed by atoms with E-state index in [0.717, 1.165) is 0 Å². The SMILES string of the molecule is FS(F)(Br)COc1ccc(N=C=S)cc1Cl. The lowest BCUT2D eigenvalue weighted by Gasteiger charge is -2.14. The van der Waals surface area contributed by atoms with Crippen molar-refractivity contribution in [3.05, 3.63) is 23.2 Å². The molecule has 1 aromatic rings. The van der Waals surface area contributed by atoms with E-state index >= 15 is 0 Å². The normalized spacial score (nSPS) is 11.8. The summed E-state index contributed by atoms with van der Waals surface area (Å²) in [5.41, 5.74) is 0.491. The number of aliphatic imine (C=N–C) groups is 1. The Balaban J connectivity index is 2.79. The highest BCUT2D eigenvalue weighted by Crippen LogP contribution is 2.58. The zero-order valence-electron chi connectivity index (χ0n) is 7.62. The van der Waals surface area contributed by atoms with E-state index in [-0.39, 0.29) is 10.8 Å². The summed E-state index contributed by atoms with van der Waals surface area (Å²) in [7, 11) is -3.88. The lowest BCUT2D eigenvalue weighted by Crippen LogP contribution is -1.97. The maximum Gasteiger partial charge on any atom is 0.180 e. The van der Waals surface area contributed by atoms with Gasteiger partial charge in [-0.05, 0) is 30.4 Å². The molecule has 0 saturated heterocycles. The molecule has 1 rings (SSSR count). The predicted molar refractivity (Wildman–Crippen MR) is 70.4 cm³/mol. The maximum atomic E-state index is 12.5. The third-order valence-electron chi connectivity index (χ3n) is 1.44. The Bertz CT molecular complexity index is 435. The van der Waals surface area contributed by atoms with Crippen LogP contribution in [0.25, 0.3) is 0 Å². The predicted octanol–water partition coefficient (Wildman–Crippen LogP) is 5.29. The standard InChI is InChI=1S/C8H5BrClF2NOS2/c9-16(11,12)5-14-8-2-1-6(13-4-15)3-7(8)10/h1-3H,5H2. The van der Waals surface area contributed by atoms with Crippen LogP contribution in [-0.4, -0.2) is 11.1 Å². The van der Waals surface area contributed by atoms with Crippen LogP contribution in [0.2, 0.25) is 5.02 Å². The lowest BCUT2D eigenvalue weighted by atomic mass is 10.3. The molecule has 0 aliphatic heterocycles. The minimum atomic E-state index is -3.88. The second-order valence-electron chi connectivity index (χ2n) is 2.58. The average molecular weight is 349 g/mol. The Morgan fingerprint density at radius 1 is 1.56 bits per heavy atom. The molecule has 0 aromatic heterocycles. The largest absolute Gasteiger partial charge is 0.477 e. The Labute approximate surface area is 111 Å². The molecule has 8 heteroatoms. The smallest absolute Gasteiger partial charge is 0.180 e. The molecule has 0 spiro atoms. The molecule has 0 bridgehead atoms. The number of halogens is 4. The van der Waals surface area contributed by atoms with Crippen LogP contribution in [0.5, 0.6) is 5.75 Å². The van der Waals surface area contributed by atoms with Gasteiger partial charge in [-0.3, -0.25) is 0 Å². The zero-order chi connectivity index (χ0) is 12.2.